The third kappa shape index (κ3) is 5.77. The summed E-state index contributed by atoms with van der Waals surface area (Å²) in [5, 5.41) is 4.80. The average molecular weight is 591 g/mol. The molecule has 0 aliphatic carbocycles. The molecule has 12 heteroatoms. The predicted molar refractivity (Wildman–Crippen MR) is 148 cm³/mol. The number of rotatable bonds is 3. The van der Waals surface area contributed by atoms with Crippen LogP contribution in [0.2, 0.25) is 5.02 Å². The van der Waals surface area contributed by atoms with E-state index < -0.39 is 12.0 Å². The monoisotopic (exact) mass is 590 g/mol. The Morgan fingerprint density at radius 3 is 2.48 bits per heavy atom. The van der Waals surface area contributed by atoms with Crippen molar-refractivity contribution in [3.05, 3.63) is 63.6 Å². The Bertz CT molecular complexity index is 1450. The fourth-order valence-electron chi connectivity index (χ4n) is 4.96. The van der Waals surface area contributed by atoms with Crippen LogP contribution in [0, 0.1) is 5.92 Å². The normalized spacial score (nSPS) is 18.2. The van der Waals surface area contributed by atoms with Crippen LogP contribution >= 0.6 is 22.9 Å². The maximum Gasteiger partial charge on any atom is 0.449 e. The van der Waals surface area contributed by atoms with Gasteiger partial charge < -0.3 is 15.1 Å². The lowest BCUT2D eigenvalue weighted by atomic mass is 10.1. The molecule has 1 fully saturated rings. The Hall–Kier alpha value is -3.28. The van der Waals surface area contributed by atoms with Crippen molar-refractivity contribution < 1.29 is 27.6 Å². The van der Waals surface area contributed by atoms with Crippen molar-refractivity contribution in [1.29, 1.82) is 0 Å². The number of thiazole rings is 1. The smallest absolute Gasteiger partial charge is 0.316 e. The summed E-state index contributed by atoms with van der Waals surface area (Å²) in [4.78, 5) is 44.8. The molecule has 1 N–H and O–H groups in total. The molecule has 2 amide bonds. The van der Waals surface area contributed by atoms with Crippen LogP contribution in [0.25, 0.3) is 10.6 Å². The first-order valence-electron chi connectivity index (χ1n) is 12.8. The molecule has 3 aromatic rings. The van der Waals surface area contributed by atoms with Gasteiger partial charge in [-0.2, -0.15) is 13.2 Å². The van der Waals surface area contributed by atoms with Gasteiger partial charge in [0.1, 0.15) is 9.88 Å². The van der Waals surface area contributed by atoms with E-state index in [-0.39, 0.29) is 17.7 Å². The van der Waals surface area contributed by atoms with Gasteiger partial charge >= 0.3 is 6.18 Å². The second-order valence-corrected chi connectivity index (χ2v) is 11.2. The number of aromatic nitrogens is 1. The molecule has 1 aromatic heterocycles. The quantitative estimate of drug-likeness (QED) is 0.448. The number of halogens is 4. The number of benzene rings is 2. The summed E-state index contributed by atoms with van der Waals surface area (Å²) in [5.41, 5.74) is 4.86. The minimum atomic E-state index is -4.64. The summed E-state index contributed by atoms with van der Waals surface area (Å²) < 4.78 is 32.5. The molecule has 3 aliphatic rings. The number of fused-ring (bicyclic) bond motifs is 2. The maximum atomic E-state index is 13.4. The van der Waals surface area contributed by atoms with Crippen molar-refractivity contribution in [2.75, 3.05) is 36.0 Å². The van der Waals surface area contributed by atoms with Crippen LogP contribution in [-0.2, 0) is 22.4 Å². The summed E-state index contributed by atoms with van der Waals surface area (Å²) in [6, 6.07) is 13.6. The topological polar surface area (TPSA) is 82.6 Å². The van der Waals surface area contributed by atoms with E-state index in [0.29, 0.717) is 29.9 Å². The lowest BCUT2D eigenvalue weighted by molar-refractivity contribution is -0.168. The van der Waals surface area contributed by atoms with Gasteiger partial charge in [-0.05, 0) is 55.3 Å². The minimum Gasteiger partial charge on any atom is -0.316 e. The second-order valence-electron chi connectivity index (χ2n) is 9.81. The van der Waals surface area contributed by atoms with Crippen molar-refractivity contribution in [1.82, 2.24) is 10.3 Å². The zero-order valence-electron chi connectivity index (χ0n) is 21.6. The first-order valence-corrected chi connectivity index (χ1v) is 14.0. The Kier molecular flexibility index (Phi) is 7.98. The molecule has 0 bridgehead atoms. The van der Waals surface area contributed by atoms with E-state index in [2.05, 4.69) is 11.4 Å². The molecular formula is C28H26ClF3N4O3S. The maximum absolute atomic E-state index is 13.4. The molecule has 2 aromatic carbocycles. The van der Waals surface area contributed by atoms with Gasteiger partial charge in [0.25, 0.3) is 5.91 Å². The molecule has 4 heterocycles. The lowest BCUT2D eigenvalue weighted by Crippen LogP contribution is -2.37. The molecule has 0 spiro atoms. The molecule has 210 valence electrons. The fourth-order valence-corrected chi connectivity index (χ4v) is 6.16. The minimum absolute atomic E-state index is 0.00290. The Morgan fingerprint density at radius 1 is 1.10 bits per heavy atom. The first kappa shape index (κ1) is 28.3. The summed E-state index contributed by atoms with van der Waals surface area (Å²) in [7, 11) is 0. The number of nitrogens with zero attached hydrogens (tertiary/aromatic N) is 3. The number of carbonyl (C=O) groups excluding carboxylic acids is 3. The second kappa shape index (κ2) is 11.3. The van der Waals surface area contributed by atoms with Crippen molar-refractivity contribution in [2.45, 2.75) is 32.4 Å². The number of hydrogen-bond acceptors (Lipinski definition) is 6. The van der Waals surface area contributed by atoms with Crippen LogP contribution in [0.15, 0.2) is 42.5 Å². The van der Waals surface area contributed by atoms with Gasteiger partial charge in [0.2, 0.25) is 11.7 Å². The molecule has 0 radical (unpaired) electrons. The van der Waals surface area contributed by atoms with Crippen molar-refractivity contribution in [3.8, 4) is 10.6 Å². The molecule has 7 nitrogen and oxygen atoms in total. The van der Waals surface area contributed by atoms with E-state index in [1.165, 1.54) is 11.3 Å². The van der Waals surface area contributed by atoms with Gasteiger partial charge in [-0.1, -0.05) is 23.7 Å². The Labute approximate surface area is 237 Å². The Balaban J connectivity index is 0.000000411. The summed E-state index contributed by atoms with van der Waals surface area (Å²) in [6.07, 6.45) is -2.19. The van der Waals surface area contributed by atoms with Gasteiger partial charge in [-0.15, -0.1) is 11.3 Å². The van der Waals surface area contributed by atoms with Crippen LogP contribution in [0.4, 0.5) is 24.5 Å². The molecule has 1 saturated heterocycles. The highest BCUT2D eigenvalue weighted by atomic mass is 35.5. The highest BCUT2D eigenvalue weighted by Gasteiger charge is 2.35. The van der Waals surface area contributed by atoms with Crippen LogP contribution in [0.1, 0.15) is 34.3 Å². The molecule has 6 rings (SSSR count). The highest BCUT2D eigenvalue weighted by Crippen LogP contribution is 2.37. The van der Waals surface area contributed by atoms with Crippen molar-refractivity contribution in [2.24, 2.45) is 5.92 Å². The number of anilines is 2. The number of alkyl halides is 3. The van der Waals surface area contributed by atoms with E-state index in [0.717, 1.165) is 65.6 Å². The van der Waals surface area contributed by atoms with Crippen LogP contribution < -0.4 is 15.1 Å². The summed E-state index contributed by atoms with van der Waals surface area (Å²) in [6.45, 7) is 3.48. The number of ketones is 1. The van der Waals surface area contributed by atoms with Gasteiger partial charge in [0.15, 0.2) is 0 Å². The van der Waals surface area contributed by atoms with Gasteiger partial charge in [0, 0.05) is 54.9 Å². The molecule has 40 heavy (non-hydrogen) atoms. The van der Waals surface area contributed by atoms with E-state index in [1.807, 2.05) is 46.2 Å². The van der Waals surface area contributed by atoms with Crippen LogP contribution in [-0.4, -0.2) is 54.9 Å². The van der Waals surface area contributed by atoms with E-state index >= 15 is 0 Å². The molecular weight excluding hydrogens is 565 g/mol. The third-order valence-corrected chi connectivity index (χ3v) is 8.53. The number of carbonyl (C=O) groups is 3. The largest absolute Gasteiger partial charge is 0.449 e. The van der Waals surface area contributed by atoms with E-state index in [4.69, 9.17) is 16.6 Å². The highest BCUT2D eigenvalue weighted by molar-refractivity contribution is 7.17. The molecule has 1 atom stereocenters. The zero-order valence-corrected chi connectivity index (χ0v) is 23.1. The number of Topliss-reactive ketones (excluding diaryl/α,β-unsaturated/α-hetero) is 1. The van der Waals surface area contributed by atoms with Crippen molar-refractivity contribution >= 4 is 51.9 Å². The number of hydrogen-bond donors (Lipinski definition) is 1. The van der Waals surface area contributed by atoms with E-state index in [9.17, 15) is 27.6 Å². The van der Waals surface area contributed by atoms with Crippen LogP contribution in [0.5, 0.6) is 0 Å². The molecule has 3 aliphatic heterocycles. The average Bonchev–Trinajstić information content (AvgIpc) is 3.68. The predicted octanol–water partition coefficient (Wildman–Crippen LogP) is 5.30. The molecule has 0 saturated carbocycles. The lowest BCUT2D eigenvalue weighted by Gasteiger charge is -2.27. The standard InChI is InChI=1S/C25H23ClN4O2S.C3H3F3O/c26-18-3-1-15(2-4-18)23-28-20-9-12-29(25(32)22(20)33-23)19-5-6-21-16(13-19)8-11-30(21)24(31)17-7-10-27-14-17;1-2(7)3(4,5)6/h1-6,13,17,27H,7-12,14H2;1H3. The first-order chi connectivity index (χ1) is 19.0. The van der Waals surface area contributed by atoms with Gasteiger partial charge in [0.05, 0.1) is 11.6 Å². The zero-order chi connectivity index (χ0) is 28.6. The summed E-state index contributed by atoms with van der Waals surface area (Å²) >= 11 is 7.45. The number of nitrogens with one attached hydrogen (secondary N) is 1. The number of amides is 2. The summed E-state index contributed by atoms with van der Waals surface area (Å²) in [5.74, 6) is -1.48. The third-order valence-electron chi connectivity index (χ3n) is 7.15. The van der Waals surface area contributed by atoms with E-state index in [1.54, 1.807) is 0 Å². The Morgan fingerprint density at radius 2 is 1.82 bits per heavy atom. The van der Waals surface area contributed by atoms with Gasteiger partial charge in [-0.3, -0.25) is 14.4 Å². The van der Waals surface area contributed by atoms with Crippen molar-refractivity contribution in [3.63, 3.8) is 0 Å². The van der Waals surface area contributed by atoms with Gasteiger partial charge in [-0.25, -0.2) is 4.98 Å². The fraction of sp³-hybridized carbons (Fsp3) is 0.357. The molecule has 1 unspecified atom stereocenters. The van der Waals surface area contributed by atoms with Crippen LogP contribution in [0.3, 0.4) is 0 Å². The SMILES string of the molecule is CC(=O)C(F)(F)F.O=C1c2sc(-c3ccc(Cl)cc3)nc2CCN1c1ccc2c(c1)CCN2C(=O)C1CCNC1.